The number of carbonyl (C=O) groups excluding carboxylic acids is 1. The normalized spacial score (nSPS) is 17.6. The van der Waals surface area contributed by atoms with E-state index in [0.717, 1.165) is 45.2 Å². The highest BCUT2D eigenvalue weighted by atomic mass is 16.6. The Morgan fingerprint density at radius 2 is 1.86 bits per heavy atom. The van der Waals surface area contributed by atoms with Crippen LogP contribution in [0.1, 0.15) is 61.3 Å². The third-order valence-electron chi connectivity index (χ3n) is 5.71. The van der Waals surface area contributed by atoms with Crippen molar-refractivity contribution in [3.8, 4) is 0 Å². The average Bonchev–Trinajstić information content (AvgIpc) is 3.39. The molecule has 0 bridgehead atoms. The first-order valence-electron chi connectivity index (χ1n) is 10.0. The van der Waals surface area contributed by atoms with Gasteiger partial charge in [0.2, 0.25) is 0 Å². The van der Waals surface area contributed by atoms with Crippen LogP contribution in [0.5, 0.6) is 0 Å². The molecule has 0 atom stereocenters. The summed E-state index contributed by atoms with van der Waals surface area (Å²) in [6.07, 6.45) is 9.34. The largest absolute Gasteiger partial charge is 0.366 e. The van der Waals surface area contributed by atoms with Crippen molar-refractivity contribution in [1.29, 1.82) is 0 Å². The second-order valence-corrected chi connectivity index (χ2v) is 7.56. The summed E-state index contributed by atoms with van der Waals surface area (Å²) < 4.78 is 1.86. The van der Waals surface area contributed by atoms with Crippen LogP contribution in [0.2, 0.25) is 0 Å². The SMILES string of the molecule is O=C(Nc1ccnn1C1CCCC1)c1ccc(N2CCCCC2)c([N+](=O)[O-])c1. The molecule has 0 spiro atoms. The Bertz CT molecular complexity index is 866. The molecule has 1 saturated carbocycles. The molecule has 4 rings (SSSR count). The summed E-state index contributed by atoms with van der Waals surface area (Å²) in [6, 6.07) is 6.83. The standard InChI is InChI=1S/C20H25N5O3/c26-20(22-19-10-11-21-24(19)16-6-2-3-7-16)15-8-9-17(18(14-15)25(27)28)23-12-4-1-5-13-23/h8-11,14,16H,1-7,12-13H2,(H,22,26). The monoisotopic (exact) mass is 383 g/mol. The number of aromatic nitrogens is 2. The van der Waals surface area contributed by atoms with Crippen LogP contribution in [-0.2, 0) is 0 Å². The van der Waals surface area contributed by atoms with E-state index in [-0.39, 0.29) is 17.2 Å². The highest BCUT2D eigenvalue weighted by Gasteiger charge is 2.24. The Morgan fingerprint density at radius 3 is 2.57 bits per heavy atom. The summed E-state index contributed by atoms with van der Waals surface area (Å²) in [6.45, 7) is 1.62. The average molecular weight is 383 g/mol. The minimum atomic E-state index is -0.399. The molecule has 1 saturated heterocycles. The van der Waals surface area contributed by atoms with E-state index in [0.29, 0.717) is 17.5 Å². The lowest BCUT2D eigenvalue weighted by Gasteiger charge is -2.28. The predicted octanol–water partition coefficient (Wildman–Crippen LogP) is 4.15. The fraction of sp³-hybridized carbons (Fsp3) is 0.500. The van der Waals surface area contributed by atoms with Gasteiger partial charge in [0.25, 0.3) is 11.6 Å². The van der Waals surface area contributed by atoms with Crippen LogP contribution in [-0.4, -0.2) is 33.7 Å². The van der Waals surface area contributed by atoms with Crippen LogP contribution in [0.25, 0.3) is 0 Å². The number of carbonyl (C=O) groups is 1. The molecule has 2 aromatic rings. The van der Waals surface area contributed by atoms with E-state index in [4.69, 9.17) is 0 Å². The summed E-state index contributed by atoms with van der Waals surface area (Å²) in [5, 5.41) is 18.8. The van der Waals surface area contributed by atoms with Crippen molar-refractivity contribution in [3.63, 3.8) is 0 Å². The lowest BCUT2D eigenvalue weighted by molar-refractivity contribution is -0.384. The zero-order chi connectivity index (χ0) is 19.5. The third-order valence-corrected chi connectivity index (χ3v) is 5.71. The number of amides is 1. The molecular formula is C20H25N5O3. The van der Waals surface area contributed by atoms with E-state index >= 15 is 0 Å². The van der Waals surface area contributed by atoms with E-state index in [2.05, 4.69) is 10.4 Å². The lowest BCUT2D eigenvalue weighted by Crippen LogP contribution is -2.30. The van der Waals surface area contributed by atoms with Gasteiger partial charge in [-0.3, -0.25) is 14.9 Å². The molecule has 8 heteroatoms. The summed E-state index contributed by atoms with van der Waals surface area (Å²) >= 11 is 0. The predicted molar refractivity (Wildman–Crippen MR) is 107 cm³/mol. The number of hydrogen-bond donors (Lipinski definition) is 1. The molecule has 2 heterocycles. The summed E-state index contributed by atoms with van der Waals surface area (Å²) in [5.74, 6) is 0.285. The molecule has 1 N–H and O–H groups in total. The van der Waals surface area contributed by atoms with Gasteiger partial charge in [-0.15, -0.1) is 0 Å². The van der Waals surface area contributed by atoms with Gasteiger partial charge in [0.05, 0.1) is 17.2 Å². The van der Waals surface area contributed by atoms with Crippen molar-refractivity contribution in [1.82, 2.24) is 9.78 Å². The molecule has 8 nitrogen and oxygen atoms in total. The maximum atomic E-state index is 12.8. The number of anilines is 2. The summed E-state index contributed by atoms with van der Waals surface area (Å²) in [5.41, 5.74) is 0.864. The molecule has 28 heavy (non-hydrogen) atoms. The molecule has 0 unspecified atom stereocenters. The van der Waals surface area contributed by atoms with Gasteiger partial charge in [0.1, 0.15) is 11.5 Å². The Labute approximate surface area is 163 Å². The number of benzene rings is 1. The Kier molecular flexibility index (Phi) is 5.27. The molecule has 1 aliphatic heterocycles. The minimum Gasteiger partial charge on any atom is -0.366 e. The van der Waals surface area contributed by atoms with Gasteiger partial charge in [0.15, 0.2) is 0 Å². The van der Waals surface area contributed by atoms with Crippen LogP contribution in [0.3, 0.4) is 0 Å². The van der Waals surface area contributed by atoms with E-state index in [1.54, 1.807) is 24.4 Å². The maximum Gasteiger partial charge on any atom is 0.293 e. The zero-order valence-corrected chi connectivity index (χ0v) is 15.8. The number of rotatable bonds is 5. The number of nitrogens with zero attached hydrogens (tertiary/aromatic N) is 4. The van der Waals surface area contributed by atoms with E-state index in [9.17, 15) is 14.9 Å². The number of nitro groups is 1. The van der Waals surface area contributed by atoms with Crippen LogP contribution >= 0.6 is 0 Å². The molecule has 1 aliphatic carbocycles. The number of hydrogen-bond acceptors (Lipinski definition) is 5. The van der Waals surface area contributed by atoms with E-state index in [1.165, 1.54) is 18.9 Å². The molecule has 1 aromatic carbocycles. The molecule has 2 fully saturated rings. The van der Waals surface area contributed by atoms with Gasteiger partial charge in [0, 0.05) is 30.8 Å². The van der Waals surface area contributed by atoms with Gasteiger partial charge < -0.3 is 10.2 Å². The molecular weight excluding hydrogens is 358 g/mol. The lowest BCUT2D eigenvalue weighted by atomic mass is 10.1. The quantitative estimate of drug-likeness (QED) is 0.618. The first-order valence-corrected chi connectivity index (χ1v) is 10.0. The second kappa shape index (κ2) is 8.00. The molecule has 1 aromatic heterocycles. The first-order chi connectivity index (χ1) is 13.6. The van der Waals surface area contributed by atoms with Crippen LogP contribution < -0.4 is 10.2 Å². The van der Waals surface area contributed by atoms with Crippen molar-refractivity contribution in [2.24, 2.45) is 0 Å². The topological polar surface area (TPSA) is 93.3 Å². The first kappa shape index (κ1) is 18.5. The summed E-state index contributed by atoms with van der Waals surface area (Å²) in [4.78, 5) is 26.0. The smallest absolute Gasteiger partial charge is 0.293 e. The Balaban J connectivity index is 1.55. The van der Waals surface area contributed by atoms with Crippen LogP contribution in [0.4, 0.5) is 17.2 Å². The number of nitro benzene ring substituents is 1. The minimum absolute atomic E-state index is 0.0150. The highest BCUT2D eigenvalue weighted by Crippen LogP contribution is 2.33. The van der Waals surface area contributed by atoms with Crippen molar-refractivity contribution in [2.75, 3.05) is 23.3 Å². The molecule has 2 aliphatic rings. The van der Waals surface area contributed by atoms with Gasteiger partial charge in [-0.1, -0.05) is 12.8 Å². The molecule has 0 radical (unpaired) electrons. The molecule has 148 valence electrons. The van der Waals surface area contributed by atoms with Gasteiger partial charge >= 0.3 is 0 Å². The van der Waals surface area contributed by atoms with Crippen molar-refractivity contribution >= 4 is 23.1 Å². The Hall–Kier alpha value is -2.90. The zero-order valence-electron chi connectivity index (χ0n) is 15.8. The number of piperidine rings is 1. The fourth-order valence-corrected chi connectivity index (χ4v) is 4.25. The molecule has 1 amide bonds. The van der Waals surface area contributed by atoms with Crippen molar-refractivity contribution in [2.45, 2.75) is 51.0 Å². The van der Waals surface area contributed by atoms with Crippen LogP contribution in [0, 0.1) is 10.1 Å². The van der Waals surface area contributed by atoms with Gasteiger partial charge in [-0.2, -0.15) is 5.10 Å². The third kappa shape index (κ3) is 3.72. The Morgan fingerprint density at radius 1 is 1.11 bits per heavy atom. The van der Waals surface area contributed by atoms with Gasteiger partial charge in [-0.25, -0.2) is 4.68 Å². The number of nitrogens with one attached hydrogen (secondary N) is 1. The fourth-order valence-electron chi connectivity index (χ4n) is 4.25. The maximum absolute atomic E-state index is 12.8. The van der Waals surface area contributed by atoms with Gasteiger partial charge in [-0.05, 0) is 44.2 Å². The van der Waals surface area contributed by atoms with Crippen molar-refractivity contribution < 1.29 is 9.72 Å². The van der Waals surface area contributed by atoms with Crippen LogP contribution in [0.15, 0.2) is 30.5 Å². The van der Waals surface area contributed by atoms with E-state index in [1.807, 2.05) is 9.58 Å². The van der Waals surface area contributed by atoms with E-state index < -0.39 is 4.92 Å². The highest BCUT2D eigenvalue weighted by molar-refractivity contribution is 6.04. The van der Waals surface area contributed by atoms with Crippen molar-refractivity contribution in [3.05, 3.63) is 46.1 Å². The summed E-state index contributed by atoms with van der Waals surface area (Å²) in [7, 11) is 0. The second-order valence-electron chi connectivity index (χ2n) is 7.56.